The highest BCUT2D eigenvalue weighted by Gasteiger charge is 2.22. The third-order valence-electron chi connectivity index (χ3n) is 5.37. The van der Waals surface area contributed by atoms with Crippen LogP contribution in [0.5, 0.6) is 0 Å². The van der Waals surface area contributed by atoms with E-state index in [2.05, 4.69) is 22.2 Å². The number of fused-ring (bicyclic) bond motifs is 2. The molecule has 0 saturated heterocycles. The van der Waals surface area contributed by atoms with E-state index < -0.39 is 17.2 Å². The summed E-state index contributed by atoms with van der Waals surface area (Å²) in [6.07, 6.45) is 4.24. The zero-order valence-corrected chi connectivity index (χ0v) is 16.8. The SMILES string of the molecule is CCC1CCc2nc(NC(=O)c3ccc4c(=O)n(C)c(=O)n(C)c4n3)sc2C1. The summed E-state index contributed by atoms with van der Waals surface area (Å²) in [5, 5.41) is 3.66. The molecule has 9 heteroatoms. The van der Waals surface area contributed by atoms with Crippen molar-refractivity contribution in [2.45, 2.75) is 32.6 Å². The first-order valence-electron chi connectivity index (χ1n) is 9.25. The highest BCUT2D eigenvalue weighted by molar-refractivity contribution is 7.15. The molecule has 3 heterocycles. The fourth-order valence-electron chi connectivity index (χ4n) is 3.59. The number of amides is 1. The largest absolute Gasteiger partial charge is 0.332 e. The van der Waals surface area contributed by atoms with Crippen LogP contribution >= 0.6 is 11.3 Å². The molecule has 28 heavy (non-hydrogen) atoms. The summed E-state index contributed by atoms with van der Waals surface area (Å²) in [7, 11) is 2.94. The number of hydrogen-bond donors (Lipinski definition) is 1. The molecule has 0 aliphatic heterocycles. The molecule has 1 aliphatic rings. The van der Waals surface area contributed by atoms with Crippen LogP contribution in [-0.2, 0) is 26.9 Å². The van der Waals surface area contributed by atoms with Crippen LogP contribution in [0, 0.1) is 5.92 Å². The molecule has 8 nitrogen and oxygen atoms in total. The van der Waals surface area contributed by atoms with Gasteiger partial charge in [-0.2, -0.15) is 0 Å². The van der Waals surface area contributed by atoms with Crippen LogP contribution in [0.25, 0.3) is 11.0 Å². The van der Waals surface area contributed by atoms with E-state index in [-0.39, 0.29) is 16.7 Å². The molecule has 0 saturated carbocycles. The summed E-state index contributed by atoms with van der Waals surface area (Å²) >= 11 is 1.51. The standard InChI is InChI=1S/C19H21N5O3S/c1-4-10-5-7-12-14(9-10)28-18(21-12)22-16(25)13-8-6-11-15(20-13)23(2)19(27)24(3)17(11)26/h6,8,10H,4-5,7,9H2,1-3H3,(H,21,22,25). The van der Waals surface area contributed by atoms with Gasteiger partial charge in [0, 0.05) is 19.0 Å². The Morgan fingerprint density at radius 2 is 2.04 bits per heavy atom. The van der Waals surface area contributed by atoms with Crippen molar-refractivity contribution < 1.29 is 4.79 Å². The number of aromatic nitrogens is 4. The van der Waals surface area contributed by atoms with Gasteiger partial charge in [-0.3, -0.25) is 24.0 Å². The average molecular weight is 399 g/mol. The average Bonchev–Trinajstić information content (AvgIpc) is 3.11. The normalized spacial score (nSPS) is 16.2. The van der Waals surface area contributed by atoms with Crippen LogP contribution in [0.3, 0.4) is 0 Å². The summed E-state index contributed by atoms with van der Waals surface area (Å²) in [4.78, 5) is 47.1. The van der Waals surface area contributed by atoms with Gasteiger partial charge in [0.1, 0.15) is 11.3 Å². The van der Waals surface area contributed by atoms with Crippen molar-refractivity contribution in [3.8, 4) is 0 Å². The Balaban J connectivity index is 1.64. The fourth-order valence-corrected chi connectivity index (χ4v) is 4.70. The van der Waals surface area contributed by atoms with Gasteiger partial charge in [-0.05, 0) is 37.3 Å². The minimum atomic E-state index is -0.486. The van der Waals surface area contributed by atoms with Gasteiger partial charge in [-0.15, -0.1) is 11.3 Å². The molecule has 1 amide bonds. The lowest BCUT2D eigenvalue weighted by atomic mass is 9.89. The predicted octanol–water partition coefficient (Wildman–Crippen LogP) is 1.86. The quantitative estimate of drug-likeness (QED) is 0.725. The number of nitrogens with one attached hydrogen (secondary N) is 1. The van der Waals surface area contributed by atoms with Gasteiger partial charge in [0.25, 0.3) is 11.5 Å². The molecular formula is C19H21N5O3S. The molecule has 4 rings (SSSR count). The van der Waals surface area contributed by atoms with Crippen LogP contribution in [0.1, 0.15) is 40.8 Å². The number of carbonyl (C=O) groups is 1. The van der Waals surface area contributed by atoms with E-state index in [0.29, 0.717) is 11.0 Å². The second-order valence-corrected chi connectivity index (χ2v) is 8.22. The zero-order chi connectivity index (χ0) is 20.0. The van der Waals surface area contributed by atoms with Crippen molar-refractivity contribution in [2.24, 2.45) is 20.0 Å². The third-order valence-corrected chi connectivity index (χ3v) is 6.41. The predicted molar refractivity (Wildman–Crippen MR) is 108 cm³/mol. The Kier molecular flexibility index (Phi) is 4.62. The minimum absolute atomic E-state index is 0.135. The molecule has 0 bridgehead atoms. The molecular weight excluding hydrogens is 378 g/mol. The third kappa shape index (κ3) is 3.05. The van der Waals surface area contributed by atoms with E-state index in [4.69, 9.17) is 0 Å². The summed E-state index contributed by atoms with van der Waals surface area (Å²) < 4.78 is 2.29. The summed E-state index contributed by atoms with van der Waals surface area (Å²) in [6, 6.07) is 3.02. The molecule has 146 valence electrons. The molecule has 1 atom stereocenters. The van der Waals surface area contributed by atoms with E-state index in [1.54, 1.807) is 0 Å². The van der Waals surface area contributed by atoms with Crippen molar-refractivity contribution in [3.63, 3.8) is 0 Å². The molecule has 1 N–H and O–H groups in total. The topological polar surface area (TPSA) is 98.9 Å². The van der Waals surface area contributed by atoms with E-state index in [1.807, 2.05) is 0 Å². The summed E-state index contributed by atoms with van der Waals surface area (Å²) in [5.41, 5.74) is 0.471. The lowest BCUT2D eigenvalue weighted by molar-refractivity contribution is 0.102. The zero-order valence-electron chi connectivity index (χ0n) is 16.0. The first-order chi connectivity index (χ1) is 13.4. The monoisotopic (exact) mass is 399 g/mol. The second kappa shape index (κ2) is 6.97. The van der Waals surface area contributed by atoms with Gasteiger partial charge in [0.15, 0.2) is 5.13 Å². The van der Waals surface area contributed by atoms with Gasteiger partial charge in [-0.1, -0.05) is 13.3 Å². The van der Waals surface area contributed by atoms with Gasteiger partial charge in [-0.25, -0.2) is 14.8 Å². The molecule has 1 aliphatic carbocycles. The van der Waals surface area contributed by atoms with Crippen LogP contribution < -0.4 is 16.6 Å². The van der Waals surface area contributed by atoms with Gasteiger partial charge < -0.3 is 0 Å². The fraction of sp³-hybridized carbons (Fsp3) is 0.421. The van der Waals surface area contributed by atoms with Crippen molar-refractivity contribution in [2.75, 3.05) is 5.32 Å². The summed E-state index contributed by atoms with van der Waals surface area (Å²) in [6.45, 7) is 2.20. The van der Waals surface area contributed by atoms with Gasteiger partial charge in [0.2, 0.25) is 0 Å². The Bertz CT molecular complexity index is 1210. The molecule has 0 spiro atoms. The maximum atomic E-state index is 12.7. The maximum Gasteiger partial charge on any atom is 0.332 e. The molecule has 3 aromatic rings. The van der Waals surface area contributed by atoms with Gasteiger partial charge >= 0.3 is 5.69 Å². The van der Waals surface area contributed by atoms with E-state index in [1.165, 1.54) is 47.0 Å². The van der Waals surface area contributed by atoms with E-state index in [0.717, 1.165) is 35.9 Å². The number of rotatable bonds is 3. The number of pyridine rings is 1. The lowest BCUT2D eigenvalue weighted by Crippen LogP contribution is -2.37. The number of nitrogens with zero attached hydrogens (tertiary/aromatic N) is 4. The Morgan fingerprint density at radius 1 is 1.25 bits per heavy atom. The van der Waals surface area contributed by atoms with Crippen molar-refractivity contribution in [1.29, 1.82) is 0 Å². The number of hydrogen-bond acceptors (Lipinski definition) is 6. The van der Waals surface area contributed by atoms with Crippen molar-refractivity contribution in [3.05, 3.63) is 49.2 Å². The molecule has 0 radical (unpaired) electrons. The first-order valence-corrected chi connectivity index (χ1v) is 10.1. The van der Waals surface area contributed by atoms with Crippen LogP contribution in [0.4, 0.5) is 5.13 Å². The first kappa shape index (κ1) is 18.5. The number of aryl methyl sites for hydroxylation is 2. The lowest BCUT2D eigenvalue weighted by Gasteiger charge is -2.18. The number of carbonyl (C=O) groups excluding carboxylic acids is 1. The molecule has 0 aromatic carbocycles. The van der Waals surface area contributed by atoms with Crippen LogP contribution in [-0.4, -0.2) is 25.0 Å². The van der Waals surface area contributed by atoms with Crippen molar-refractivity contribution >= 4 is 33.4 Å². The number of anilines is 1. The van der Waals surface area contributed by atoms with E-state index in [9.17, 15) is 14.4 Å². The van der Waals surface area contributed by atoms with E-state index >= 15 is 0 Å². The second-order valence-electron chi connectivity index (χ2n) is 7.13. The van der Waals surface area contributed by atoms with Crippen LogP contribution in [0.2, 0.25) is 0 Å². The Hall–Kier alpha value is -2.81. The highest BCUT2D eigenvalue weighted by Crippen LogP contribution is 2.33. The smallest absolute Gasteiger partial charge is 0.296 e. The van der Waals surface area contributed by atoms with Gasteiger partial charge in [0.05, 0.1) is 11.1 Å². The molecule has 1 unspecified atom stereocenters. The minimum Gasteiger partial charge on any atom is -0.296 e. The Labute approximate surface area is 164 Å². The number of thiazole rings is 1. The molecule has 0 fully saturated rings. The highest BCUT2D eigenvalue weighted by atomic mass is 32.1. The summed E-state index contributed by atoms with van der Waals surface area (Å²) in [5.74, 6) is 0.274. The molecule has 3 aromatic heterocycles. The van der Waals surface area contributed by atoms with Crippen molar-refractivity contribution in [1.82, 2.24) is 19.1 Å². The van der Waals surface area contributed by atoms with Crippen LogP contribution in [0.15, 0.2) is 21.7 Å². The Morgan fingerprint density at radius 3 is 2.79 bits per heavy atom. The maximum absolute atomic E-state index is 12.7.